The average Bonchev–Trinajstić information content (AvgIpc) is 1.39. The molecule has 0 aliphatic heterocycles. The maximum atomic E-state index is 7.12. The van der Waals surface area contributed by atoms with Crippen molar-refractivity contribution in [3.63, 3.8) is 0 Å². The first-order valence-corrected chi connectivity index (χ1v) is 1.62. The largest absolute Gasteiger partial charge is 0.371 e. The Bertz CT molecular complexity index is 19.5. The highest BCUT2D eigenvalue weighted by molar-refractivity contribution is 4.51. The highest BCUT2D eigenvalue weighted by Gasteiger charge is 1.32. The Morgan fingerprint density at radius 2 is 1.67 bits per heavy atom. The minimum absolute atomic E-state index is 0.750. The van der Waals surface area contributed by atoms with Crippen LogP contribution >= 0.6 is 0 Å². The number of aliphatic hydroxyl groups excluding tert-OH is 1. The van der Waals surface area contributed by atoms with Gasteiger partial charge in [-0.15, -0.1) is 6.58 Å². The zero-order valence-corrected chi connectivity index (χ0v) is 3.89. The summed E-state index contributed by atoms with van der Waals surface area (Å²) in [5, 5.41) is 14.2. The van der Waals surface area contributed by atoms with E-state index < -0.39 is 6.79 Å². The fourth-order valence-corrected chi connectivity index (χ4v) is 0. The van der Waals surface area contributed by atoms with Gasteiger partial charge in [-0.3, -0.25) is 0 Å². The monoisotopic (exact) mass is 90.1 g/mol. The molecular formula is C4H10O2. The van der Waals surface area contributed by atoms with E-state index in [1.807, 2.05) is 6.92 Å². The van der Waals surface area contributed by atoms with Crippen LogP contribution in [-0.4, -0.2) is 17.0 Å². The first kappa shape index (κ1) is 9.18. The number of aliphatic hydroxyl groups is 2. The second kappa shape index (κ2) is 22.7. The summed E-state index contributed by atoms with van der Waals surface area (Å²) in [7, 11) is 0. The van der Waals surface area contributed by atoms with E-state index in [0.29, 0.717) is 0 Å². The predicted molar refractivity (Wildman–Crippen MR) is 25.2 cm³/mol. The average molecular weight is 90.1 g/mol. The van der Waals surface area contributed by atoms with Crippen LogP contribution in [0.4, 0.5) is 0 Å². The van der Waals surface area contributed by atoms with Gasteiger partial charge in [-0.1, -0.05) is 6.08 Å². The van der Waals surface area contributed by atoms with Crippen molar-refractivity contribution in [2.45, 2.75) is 6.92 Å². The smallest absolute Gasteiger partial charge is 0.140 e. The molecule has 0 aliphatic rings. The Morgan fingerprint density at radius 3 is 1.67 bits per heavy atom. The summed E-state index contributed by atoms with van der Waals surface area (Å²) in [6.07, 6.45) is 1.75. The van der Waals surface area contributed by atoms with Crippen LogP contribution in [0.3, 0.4) is 0 Å². The van der Waals surface area contributed by atoms with Crippen LogP contribution in [0.1, 0.15) is 6.92 Å². The summed E-state index contributed by atoms with van der Waals surface area (Å²) in [5.41, 5.74) is 0. The van der Waals surface area contributed by atoms with Gasteiger partial charge in [0.25, 0.3) is 0 Å². The van der Waals surface area contributed by atoms with Crippen molar-refractivity contribution >= 4 is 0 Å². The van der Waals surface area contributed by atoms with Crippen molar-refractivity contribution in [3.8, 4) is 0 Å². The number of hydrogen-bond acceptors (Lipinski definition) is 2. The van der Waals surface area contributed by atoms with Crippen molar-refractivity contribution in [1.82, 2.24) is 0 Å². The molecule has 0 aromatic carbocycles. The first-order valence-electron chi connectivity index (χ1n) is 1.62. The molecule has 38 valence electrons. The van der Waals surface area contributed by atoms with E-state index in [0.717, 1.165) is 0 Å². The maximum Gasteiger partial charge on any atom is 0.140 e. The summed E-state index contributed by atoms with van der Waals surface area (Å²) >= 11 is 0. The highest BCUT2D eigenvalue weighted by atomic mass is 16.5. The topological polar surface area (TPSA) is 40.5 Å². The van der Waals surface area contributed by atoms with Gasteiger partial charge in [-0.05, 0) is 6.92 Å². The van der Waals surface area contributed by atoms with E-state index in [1.165, 1.54) is 0 Å². The lowest BCUT2D eigenvalue weighted by Crippen LogP contribution is -1.66. The molecule has 0 saturated heterocycles. The zero-order chi connectivity index (χ0) is 5.41. The van der Waals surface area contributed by atoms with Crippen molar-refractivity contribution < 1.29 is 10.2 Å². The van der Waals surface area contributed by atoms with Gasteiger partial charge in [0.2, 0.25) is 0 Å². The SMILES string of the molecule is C=CC.OCO. The number of hydrogen-bond donors (Lipinski definition) is 2. The molecule has 0 aromatic heterocycles. The minimum Gasteiger partial charge on any atom is -0.371 e. The van der Waals surface area contributed by atoms with Crippen molar-refractivity contribution in [2.75, 3.05) is 6.79 Å². The molecule has 0 heterocycles. The fraction of sp³-hybridized carbons (Fsp3) is 0.500. The summed E-state index contributed by atoms with van der Waals surface area (Å²) < 4.78 is 0. The lowest BCUT2D eigenvalue weighted by molar-refractivity contribution is 0.0773. The Kier molecular flexibility index (Phi) is 34.6. The van der Waals surface area contributed by atoms with E-state index in [2.05, 4.69) is 6.58 Å². The molecule has 0 radical (unpaired) electrons. The molecule has 0 saturated carbocycles. The van der Waals surface area contributed by atoms with E-state index in [-0.39, 0.29) is 0 Å². The second-order valence-corrected chi connectivity index (χ2v) is 0.550. The van der Waals surface area contributed by atoms with Crippen LogP contribution in [0.25, 0.3) is 0 Å². The molecular weight excluding hydrogens is 80.0 g/mol. The molecule has 0 spiro atoms. The van der Waals surface area contributed by atoms with Gasteiger partial charge in [0.15, 0.2) is 0 Å². The van der Waals surface area contributed by atoms with Crippen LogP contribution in [0, 0.1) is 0 Å². The number of rotatable bonds is 0. The third-order valence-corrected chi connectivity index (χ3v) is 0. The van der Waals surface area contributed by atoms with Crippen molar-refractivity contribution in [2.24, 2.45) is 0 Å². The lowest BCUT2D eigenvalue weighted by atomic mass is 10.8. The third-order valence-electron chi connectivity index (χ3n) is 0. The molecule has 6 heavy (non-hydrogen) atoms. The van der Waals surface area contributed by atoms with Crippen LogP contribution in [0.5, 0.6) is 0 Å². The van der Waals surface area contributed by atoms with Gasteiger partial charge in [-0.25, -0.2) is 0 Å². The van der Waals surface area contributed by atoms with Crippen molar-refractivity contribution in [3.05, 3.63) is 12.7 Å². The third kappa shape index (κ3) is 224. The molecule has 0 fully saturated rings. The zero-order valence-electron chi connectivity index (χ0n) is 3.89. The molecule has 2 heteroatoms. The summed E-state index contributed by atoms with van der Waals surface area (Å²) in [6.45, 7) is 4.50. The predicted octanol–water partition coefficient (Wildman–Crippen LogP) is 0.121. The number of allylic oxidation sites excluding steroid dienone is 1. The van der Waals surface area contributed by atoms with E-state index in [9.17, 15) is 0 Å². The fourth-order valence-electron chi connectivity index (χ4n) is 0. The highest BCUT2D eigenvalue weighted by Crippen LogP contribution is 1.38. The minimum atomic E-state index is -0.750. The maximum absolute atomic E-state index is 7.12. The van der Waals surface area contributed by atoms with Gasteiger partial charge in [-0.2, -0.15) is 0 Å². The van der Waals surface area contributed by atoms with Gasteiger partial charge < -0.3 is 10.2 Å². The molecule has 0 atom stereocenters. The Labute approximate surface area is 37.7 Å². The Hall–Kier alpha value is -0.340. The lowest BCUT2D eigenvalue weighted by Gasteiger charge is -1.55. The van der Waals surface area contributed by atoms with Crippen LogP contribution < -0.4 is 0 Å². The molecule has 0 unspecified atom stereocenters. The quantitative estimate of drug-likeness (QED) is 0.327. The van der Waals surface area contributed by atoms with E-state index in [4.69, 9.17) is 10.2 Å². The van der Waals surface area contributed by atoms with Crippen molar-refractivity contribution in [1.29, 1.82) is 0 Å². The van der Waals surface area contributed by atoms with Crippen LogP contribution in [0.15, 0.2) is 12.7 Å². The summed E-state index contributed by atoms with van der Waals surface area (Å²) in [6, 6.07) is 0. The van der Waals surface area contributed by atoms with Gasteiger partial charge in [0.1, 0.15) is 6.79 Å². The Balaban J connectivity index is 0. The molecule has 0 aromatic rings. The van der Waals surface area contributed by atoms with Gasteiger partial charge >= 0.3 is 0 Å². The van der Waals surface area contributed by atoms with Crippen LogP contribution in [0.2, 0.25) is 0 Å². The summed E-state index contributed by atoms with van der Waals surface area (Å²) in [5.74, 6) is 0. The molecule has 2 N–H and O–H groups in total. The van der Waals surface area contributed by atoms with Gasteiger partial charge in [0.05, 0.1) is 0 Å². The van der Waals surface area contributed by atoms with E-state index >= 15 is 0 Å². The molecule has 0 bridgehead atoms. The van der Waals surface area contributed by atoms with Crippen LogP contribution in [-0.2, 0) is 0 Å². The molecule has 0 rings (SSSR count). The Morgan fingerprint density at radius 1 is 1.67 bits per heavy atom. The molecule has 0 aliphatic carbocycles. The molecule has 0 amide bonds. The van der Waals surface area contributed by atoms with E-state index in [1.54, 1.807) is 6.08 Å². The first-order chi connectivity index (χ1) is 2.83. The summed E-state index contributed by atoms with van der Waals surface area (Å²) in [4.78, 5) is 0. The second-order valence-electron chi connectivity index (χ2n) is 0.550. The standard InChI is InChI=1S/C3H6.CH4O2/c1-3-2;2-1-3/h3H,1H2,2H3;2-3H,1H2. The van der Waals surface area contributed by atoms with Gasteiger partial charge in [0, 0.05) is 0 Å². The molecule has 2 nitrogen and oxygen atoms in total. The normalized spacial score (nSPS) is 5.17.